The molecule has 1 rings (SSSR count). The number of aliphatic hydroxyl groups is 1. The van der Waals surface area contributed by atoms with Crippen LogP contribution in [0.4, 0.5) is 0 Å². The van der Waals surface area contributed by atoms with Crippen molar-refractivity contribution in [3.63, 3.8) is 0 Å². The van der Waals surface area contributed by atoms with Crippen LogP contribution in [0, 0.1) is 6.92 Å². The summed E-state index contributed by atoms with van der Waals surface area (Å²) in [4.78, 5) is 16.2. The highest BCUT2D eigenvalue weighted by atomic mass is 32.1. The Morgan fingerprint density at radius 3 is 2.44 bits per heavy atom. The second-order valence-electron chi connectivity index (χ2n) is 4.97. The molecule has 3 nitrogen and oxygen atoms in total. The first-order valence-corrected chi connectivity index (χ1v) is 7.26. The summed E-state index contributed by atoms with van der Waals surface area (Å²) in [5.74, 6) is 0.0266. The van der Waals surface area contributed by atoms with Crippen molar-refractivity contribution in [3.8, 4) is 0 Å². The van der Waals surface area contributed by atoms with Crippen molar-refractivity contribution in [1.82, 2.24) is 4.90 Å². The van der Waals surface area contributed by atoms with E-state index >= 15 is 0 Å². The minimum absolute atomic E-state index is 0.0266. The van der Waals surface area contributed by atoms with Crippen molar-refractivity contribution in [3.05, 3.63) is 21.4 Å². The van der Waals surface area contributed by atoms with Gasteiger partial charge in [-0.3, -0.25) is 4.79 Å². The zero-order valence-corrected chi connectivity index (χ0v) is 12.7. The van der Waals surface area contributed by atoms with Crippen LogP contribution in [0.2, 0.25) is 0 Å². The first-order chi connectivity index (χ1) is 8.36. The topological polar surface area (TPSA) is 40.5 Å². The molecule has 102 valence electrons. The smallest absolute Gasteiger partial charge is 0.264 e. The van der Waals surface area contributed by atoms with Gasteiger partial charge in [0.25, 0.3) is 5.91 Å². The van der Waals surface area contributed by atoms with E-state index in [0.29, 0.717) is 6.54 Å². The first kappa shape index (κ1) is 15.2. The number of aliphatic hydroxyl groups excluding tert-OH is 1. The van der Waals surface area contributed by atoms with E-state index in [2.05, 4.69) is 6.92 Å². The number of hydrogen-bond donors (Lipinski definition) is 1. The van der Waals surface area contributed by atoms with E-state index in [1.165, 1.54) is 10.4 Å². The molecule has 0 aliphatic heterocycles. The van der Waals surface area contributed by atoms with Crippen LogP contribution in [0.25, 0.3) is 0 Å². The molecule has 1 aromatic rings. The zero-order chi connectivity index (χ0) is 13.9. The zero-order valence-electron chi connectivity index (χ0n) is 11.9. The quantitative estimate of drug-likeness (QED) is 0.893. The van der Waals surface area contributed by atoms with Crippen molar-refractivity contribution in [2.75, 3.05) is 6.54 Å². The highest BCUT2D eigenvalue weighted by Crippen LogP contribution is 2.24. The summed E-state index contributed by atoms with van der Waals surface area (Å²) in [5.41, 5.74) is 1.19. The summed E-state index contributed by atoms with van der Waals surface area (Å²) < 4.78 is 0. The van der Waals surface area contributed by atoms with Crippen molar-refractivity contribution in [2.24, 2.45) is 0 Å². The highest BCUT2D eigenvalue weighted by Gasteiger charge is 2.22. The molecule has 0 radical (unpaired) electrons. The van der Waals surface area contributed by atoms with Gasteiger partial charge in [-0.2, -0.15) is 0 Å². The SMILES string of the molecule is CCc1sc(C(=O)N(CC(C)O)C(C)C)cc1C. The van der Waals surface area contributed by atoms with Gasteiger partial charge >= 0.3 is 0 Å². The van der Waals surface area contributed by atoms with Crippen molar-refractivity contribution in [1.29, 1.82) is 0 Å². The Balaban J connectivity index is 2.94. The van der Waals surface area contributed by atoms with Crippen LogP contribution in [0.3, 0.4) is 0 Å². The molecule has 1 aromatic heterocycles. The predicted octanol–water partition coefficient (Wildman–Crippen LogP) is 2.85. The molecule has 1 N–H and O–H groups in total. The summed E-state index contributed by atoms with van der Waals surface area (Å²) in [7, 11) is 0. The van der Waals surface area contributed by atoms with E-state index in [0.717, 1.165) is 11.3 Å². The van der Waals surface area contributed by atoms with E-state index in [1.54, 1.807) is 23.2 Å². The molecule has 4 heteroatoms. The molecule has 1 atom stereocenters. The van der Waals surface area contributed by atoms with E-state index in [1.807, 2.05) is 26.8 Å². The second-order valence-corrected chi connectivity index (χ2v) is 6.11. The summed E-state index contributed by atoms with van der Waals surface area (Å²) in [6.07, 6.45) is 0.463. The van der Waals surface area contributed by atoms with Crippen LogP contribution in [0.5, 0.6) is 0 Å². The first-order valence-electron chi connectivity index (χ1n) is 6.45. The molecule has 0 saturated carbocycles. The summed E-state index contributed by atoms with van der Waals surface area (Å²) in [6, 6.07) is 2.06. The lowest BCUT2D eigenvalue weighted by molar-refractivity contribution is 0.0583. The average Bonchev–Trinajstić information content (AvgIpc) is 2.66. The van der Waals surface area contributed by atoms with Crippen LogP contribution < -0.4 is 0 Å². The molecule has 1 heterocycles. The minimum atomic E-state index is -0.497. The second kappa shape index (κ2) is 6.34. The van der Waals surface area contributed by atoms with Crippen molar-refractivity contribution >= 4 is 17.2 Å². The molecule has 0 fully saturated rings. The van der Waals surface area contributed by atoms with Gasteiger partial charge in [0.2, 0.25) is 0 Å². The van der Waals surface area contributed by atoms with Gasteiger partial charge < -0.3 is 10.0 Å². The fourth-order valence-corrected chi connectivity index (χ4v) is 3.00. The van der Waals surface area contributed by atoms with Gasteiger partial charge in [0.1, 0.15) is 0 Å². The summed E-state index contributed by atoms with van der Waals surface area (Å²) >= 11 is 1.57. The number of carbonyl (C=O) groups excluding carboxylic acids is 1. The van der Waals surface area contributed by atoms with Crippen LogP contribution in [0.15, 0.2) is 6.07 Å². The lowest BCUT2D eigenvalue weighted by Crippen LogP contribution is -2.41. The molecule has 0 aliphatic rings. The van der Waals surface area contributed by atoms with Gasteiger partial charge in [-0.05, 0) is 45.7 Å². The number of hydrogen-bond acceptors (Lipinski definition) is 3. The van der Waals surface area contributed by atoms with Gasteiger partial charge in [-0.25, -0.2) is 0 Å². The normalized spacial score (nSPS) is 12.8. The Morgan fingerprint density at radius 1 is 1.44 bits per heavy atom. The van der Waals surface area contributed by atoms with Crippen LogP contribution in [-0.4, -0.2) is 34.6 Å². The van der Waals surface area contributed by atoms with Gasteiger partial charge in [-0.1, -0.05) is 6.92 Å². The maximum atomic E-state index is 12.4. The molecule has 0 saturated heterocycles. The number of thiophene rings is 1. The van der Waals surface area contributed by atoms with E-state index in [9.17, 15) is 9.90 Å². The van der Waals surface area contributed by atoms with Crippen LogP contribution >= 0.6 is 11.3 Å². The maximum absolute atomic E-state index is 12.4. The van der Waals surface area contributed by atoms with E-state index in [4.69, 9.17) is 0 Å². The van der Waals surface area contributed by atoms with Gasteiger partial charge in [0.15, 0.2) is 0 Å². The molecule has 0 spiro atoms. The third kappa shape index (κ3) is 3.56. The third-order valence-corrected chi connectivity index (χ3v) is 4.27. The number of carbonyl (C=O) groups is 1. The van der Waals surface area contributed by atoms with Crippen LogP contribution in [0.1, 0.15) is 47.8 Å². The Labute approximate surface area is 113 Å². The Kier molecular flexibility index (Phi) is 5.35. The van der Waals surface area contributed by atoms with Crippen molar-refractivity contribution < 1.29 is 9.90 Å². The number of amides is 1. The fourth-order valence-electron chi connectivity index (χ4n) is 1.93. The Morgan fingerprint density at radius 2 is 2.06 bits per heavy atom. The number of rotatable bonds is 5. The predicted molar refractivity (Wildman–Crippen MR) is 76.3 cm³/mol. The van der Waals surface area contributed by atoms with Crippen LogP contribution in [-0.2, 0) is 6.42 Å². The lowest BCUT2D eigenvalue weighted by Gasteiger charge is -2.27. The number of aryl methyl sites for hydroxylation is 2. The minimum Gasteiger partial charge on any atom is -0.392 e. The molecular weight excluding hydrogens is 246 g/mol. The molecule has 0 aromatic carbocycles. The molecular formula is C14H23NO2S. The largest absolute Gasteiger partial charge is 0.392 e. The van der Waals surface area contributed by atoms with Gasteiger partial charge in [-0.15, -0.1) is 11.3 Å². The van der Waals surface area contributed by atoms with E-state index in [-0.39, 0.29) is 11.9 Å². The lowest BCUT2D eigenvalue weighted by atomic mass is 10.2. The highest BCUT2D eigenvalue weighted by molar-refractivity contribution is 7.14. The Bertz CT molecular complexity index is 410. The molecule has 18 heavy (non-hydrogen) atoms. The maximum Gasteiger partial charge on any atom is 0.264 e. The Hall–Kier alpha value is -0.870. The van der Waals surface area contributed by atoms with E-state index < -0.39 is 6.10 Å². The van der Waals surface area contributed by atoms with Gasteiger partial charge in [0, 0.05) is 17.5 Å². The fraction of sp³-hybridized carbons (Fsp3) is 0.643. The monoisotopic (exact) mass is 269 g/mol. The number of nitrogens with zero attached hydrogens (tertiary/aromatic N) is 1. The molecule has 1 unspecified atom stereocenters. The summed E-state index contributed by atoms with van der Waals surface area (Å²) in [5, 5.41) is 9.48. The molecule has 0 bridgehead atoms. The average molecular weight is 269 g/mol. The molecule has 1 amide bonds. The van der Waals surface area contributed by atoms with Crippen molar-refractivity contribution in [2.45, 2.75) is 53.2 Å². The van der Waals surface area contributed by atoms with Gasteiger partial charge in [0.05, 0.1) is 11.0 Å². The third-order valence-electron chi connectivity index (χ3n) is 2.90. The standard InChI is InChI=1S/C14H23NO2S/c1-6-12-10(4)7-13(18-12)14(17)15(9(2)3)8-11(5)16/h7,9,11,16H,6,8H2,1-5H3. The molecule has 0 aliphatic carbocycles. The summed E-state index contributed by atoms with van der Waals surface area (Å²) in [6.45, 7) is 10.2.